The molecule has 0 aromatic heterocycles. The fraction of sp³-hybridized carbons (Fsp3) is 0.722. The molecule has 1 heterocycles. The van der Waals surface area contributed by atoms with E-state index in [2.05, 4.69) is 10.6 Å². The first kappa shape index (κ1) is 19.3. The SMILES string of the molecule is CCOC(=O)C1=C(COC(=O)CCC2CCCC2)NC(=O)N[C@H]1CC. The van der Waals surface area contributed by atoms with Crippen molar-refractivity contribution in [3.05, 3.63) is 11.3 Å². The van der Waals surface area contributed by atoms with Gasteiger partial charge in [0.05, 0.1) is 23.9 Å². The average Bonchev–Trinajstić information content (AvgIpc) is 3.11. The van der Waals surface area contributed by atoms with E-state index in [1.807, 2.05) is 6.92 Å². The van der Waals surface area contributed by atoms with Crippen LogP contribution in [0.1, 0.15) is 58.8 Å². The Morgan fingerprint density at radius 3 is 2.52 bits per heavy atom. The number of carbonyl (C=O) groups is 3. The number of hydrogen-bond donors (Lipinski definition) is 2. The van der Waals surface area contributed by atoms with Crippen LogP contribution in [0.15, 0.2) is 11.3 Å². The van der Waals surface area contributed by atoms with Gasteiger partial charge in [-0.3, -0.25) is 4.79 Å². The van der Waals surface area contributed by atoms with Crippen LogP contribution in [0.25, 0.3) is 0 Å². The molecule has 140 valence electrons. The minimum absolute atomic E-state index is 0.123. The molecule has 0 unspecified atom stereocenters. The Hall–Kier alpha value is -2.05. The highest BCUT2D eigenvalue weighted by molar-refractivity contribution is 5.94. The third kappa shape index (κ3) is 5.47. The summed E-state index contributed by atoms with van der Waals surface area (Å²) in [6.45, 7) is 3.69. The molecule has 0 saturated heterocycles. The van der Waals surface area contributed by atoms with Crippen LogP contribution < -0.4 is 10.6 Å². The Morgan fingerprint density at radius 1 is 1.16 bits per heavy atom. The molecule has 1 saturated carbocycles. The number of rotatable bonds is 8. The number of nitrogens with one attached hydrogen (secondary N) is 2. The van der Waals surface area contributed by atoms with Gasteiger partial charge in [-0.25, -0.2) is 9.59 Å². The topological polar surface area (TPSA) is 93.7 Å². The van der Waals surface area contributed by atoms with Crippen LogP contribution in [0.2, 0.25) is 0 Å². The molecule has 2 N–H and O–H groups in total. The van der Waals surface area contributed by atoms with Crippen LogP contribution in [0, 0.1) is 5.92 Å². The fourth-order valence-corrected chi connectivity index (χ4v) is 3.42. The highest BCUT2D eigenvalue weighted by atomic mass is 16.5. The molecular weight excluding hydrogens is 324 g/mol. The maximum Gasteiger partial charge on any atom is 0.338 e. The summed E-state index contributed by atoms with van der Waals surface area (Å²) < 4.78 is 10.4. The summed E-state index contributed by atoms with van der Waals surface area (Å²) >= 11 is 0. The lowest BCUT2D eigenvalue weighted by molar-refractivity contribution is -0.144. The molecular formula is C18H28N2O5. The largest absolute Gasteiger partial charge is 0.463 e. The Bertz CT molecular complexity index is 538. The van der Waals surface area contributed by atoms with Crippen molar-refractivity contribution in [1.82, 2.24) is 10.6 Å². The zero-order valence-electron chi connectivity index (χ0n) is 15.1. The second kappa shape index (κ2) is 9.44. The first-order valence-electron chi connectivity index (χ1n) is 9.18. The summed E-state index contributed by atoms with van der Waals surface area (Å²) in [5, 5.41) is 5.26. The number of hydrogen-bond acceptors (Lipinski definition) is 5. The molecule has 25 heavy (non-hydrogen) atoms. The van der Waals surface area contributed by atoms with Gasteiger partial charge < -0.3 is 20.1 Å². The maximum atomic E-state index is 12.2. The van der Waals surface area contributed by atoms with E-state index in [-0.39, 0.29) is 19.2 Å². The van der Waals surface area contributed by atoms with E-state index in [1.54, 1.807) is 6.92 Å². The first-order valence-corrected chi connectivity index (χ1v) is 9.18. The number of amides is 2. The van der Waals surface area contributed by atoms with Crippen molar-refractivity contribution in [1.29, 1.82) is 0 Å². The van der Waals surface area contributed by atoms with Gasteiger partial charge >= 0.3 is 18.0 Å². The summed E-state index contributed by atoms with van der Waals surface area (Å²) in [5.41, 5.74) is 0.635. The quantitative estimate of drug-likeness (QED) is 0.654. The molecule has 1 fully saturated rings. The maximum absolute atomic E-state index is 12.2. The lowest BCUT2D eigenvalue weighted by Crippen LogP contribution is -2.51. The number of esters is 2. The van der Waals surface area contributed by atoms with Gasteiger partial charge in [-0.2, -0.15) is 0 Å². The van der Waals surface area contributed by atoms with E-state index in [4.69, 9.17) is 9.47 Å². The molecule has 1 atom stereocenters. The van der Waals surface area contributed by atoms with Gasteiger partial charge in [-0.05, 0) is 25.7 Å². The standard InChI is InChI=1S/C18H28N2O5/c1-3-13-16(17(22)24-4-2)14(20-18(23)19-13)11-25-15(21)10-9-12-7-5-6-8-12/h12-13H,3-11H2,1-2H3,(H2,19,20,23)/t13-/m0/s1. The number of urea groups is 1. The second-order valence-electron chi connectivity index (χ2n) is 6.52. The monoisotopic (exact) mass is 352 g/mol. The predicted molar refractivity (Wildman–Crippen MR) is 91.6 cm³/mol. The van der Waals surface area contributed by atoms with Crippen molar-refractivity contribution >= 4 is 18.0 Å². The second-order valence-corrected chi connectivity index (χ2v) is 6.52. The van der Waals surface area contributed by atoms with Crippen molar-refractivity contribution in [3.63, 3.8) is 0 Å². The molecule has 0 aromatic carbocycles. The van der Waals surface area contributed by atoms with Gasteiger partial charge in [0.15, 0.2) is 0 Å². The molecule has 7 heteroatoms. The summed E-state index contributed by atoms with van der Waals surface area (Å²) in [6, 6.07) is -0.850. The zero-order valence-corrected chi connectivity index (χ0v) is 15.1. The first-order chi connectivity index (χ1) is 12.0. The van der Waals surface area contributed by atoms with E-state index < -0.39 is 18.0 Å². The summed E-state index contributed by atoms with van der Waals surface area (Å²) in [6.07, 6.45) is 6.61. The van der Waals surface area contributed by atoms with Crippen LogP contribution in [0.5, 0.6) is 0 Å². The predicted octanol–water partition coefficient (Wildman–Crippen LogP) is 2.41. The van der Waals surface area contributed by atoms with E-state index >= 15 is 0 Å². The molecule has 2 rings (SSSR count). The molecule has 0 spiro atoms. The molecule has 0 bridgehead atoms. The Morgan fingerprint density at radius 2 is 1.88 bits per heavy atom. The summed E-state index contributed by atoms with van der Waals surface area (Å²) in [4.78, 5) is 36.0. The third-order valence-electron chi connectivity index (χ3n) is 4.76. The molecule has 1 aliphatic heterocycles. The number of carbonyl (C=O) groups excluding carboxylic acids is 3. The van der Waals surface area contributed by atoms with E-state index in [0.717, 1.165) is 6.42 Å². The molecule has 1 aliphatic carbocycles. The number of ether oxygens (including phenoxy) is 2. The Balaban J connectivity index is 1.97. The minimum Gasteiger partial charge on any atom is -0.463 e. The normalized spacial score (nSPS) is 20.9. The van der Waals surface area contributed by atoms with Crippen LogP contribution in [0.4, 0.5) is 4.79 Å². The molecule has 7 nitrogen and oxygen atoms in total. The zero-order chi connectivity index (χ0) is 18.2. The highest BCUT2D eigenvalue weighted by Crippen LogP contribution is 2.28. The van der Waals surface area contributed by atoms with Gasteiger partial charge in [-0.1, -0.05) is 32.6 Å². The van der Waals surface area contributed by atoms with Crippen LogP contribution >= 0.6 is 0 Å². The highest BCUT2D eigenvalue weighted by Gasteiger charge is 2.32. The van der Waals surface area contributed by atoms with E-state index in [1.165, 1.54) is 25.7 Å². The molecule has 0 aromatic rings. The lowest BCUT2D eigenvalue weighted by Gasteiger charge is -2.28. The van der Waals surface area contributed by atoms with Crippen molar-refractivity contribution in [3.8, 4) is 0 Å². The Labute approximate surface area is 148 Å². The fourth-order valence-electron chi connectivity index (χ4n) is 3.42. The third-order valence-corrected chi connectivity index (χ3v) is 4.76. The van der Waals surface area contributed by atoms with Crippen LogP contribution in [0.3, 0.4) is 0 Å². The molecule has 0 radical (unpaired) electrons. The van der Waals surface area contributed by atoms with Gasteiger partial charge in [-0.15, -0.1) is 0 Å². The molecule has 2 amide bonds. The average molecular weight is 352 g/mol. The smallest absolute Gasteiger partial charge is 0.338 e. The van der Waals surface area contributed by atoms with Crippen molar-refractivity contribution in [2.45, 2.75) is 64.8 Å². The lowest BCUT2D eigenvalue weighted by atomic mass is 10.0. The van der Waals surface area contributed by atoms with Gasteiger partial charge in [0.1, 0.15) is 6.61 Å². The van der Waals surface area contributed by atoms with Crippen molar-refractivity contribution < 1.29 is 23.9 Å². The van der Waals surface area contributed by atoms with Gasteiger partial charge in [0.2, 0.25) is 0 Å². The van der Waals surface area contributed by atoms with Crippen molar-refractivity contribution in [2.24, 2.45) is 5.92 Å². The van der Waals surface area contributed by atoms with Gasteiger partial charge in [0.25, 0.3) is 0 Å². The van der Waals surface area contributed by atoms with Crippen LogP contribution in [-0.4, -0.2) is 37.2 Å². The van der Waals surface area contributed by atoms with Crippen molar-refractivity contribution in [2.75, 3.05) is 13.2 Å². The van der Waals surface area contributed by atoms with Crippen LogP contribution in [-0.2, 0) is 19.1 Å². The van der Waals surface area contributed by atoms with E-state index in [9.17, 15) is 14.4 Å². The minimum atomic E-state index is -0.501. The van der Waals surface area contributed by atoms with E-state index in [0.29, 0.717) is 30.0 Å². The summed E-state index contributed by atoms with van der Waals surface area (Å²) in [5.74, 6) is -0.188. The molecule has 2 aliphatic rings. The Kier molecular flexibility index (Phi) is 7.28. The summed E-state index contributed by atoms with van der Waals surface area (Å²) in [7, 11) is 0. The van der Waals surface area contributed by atoms with Gasteiger partial charge in [0, 0.05) is 6.42 Å².